The van der Waals surface area contributed by atoms with Gasteiger partial charge in [-0.25, -0.2) is 4.98 Å². The largest absolute Gasteiger partial charge is 0.326 e. The van der Waals surface area contributed by atoms with Gasteiger partial charge in [0.15, 0.2) is 0 Å². The number of anilines is 1. The number of hydrogen-bond donors (Lipinski definition) is 1. The van der Waals surface area contributed by atoms with Crippen molar-refractivity contribution in [1.29, 1.82) is 0 Å². The Kier molecular flexibility index (Phi) is 4.35. The summed E-state index contributed by atoms with van der Waals surface area (Å²) in [6.07, 6.45) is 9.65. The van der Waals surface area contributed by atoms with E-state index in [9.17, 15) is 4.79 Å². The van der Waals surface area contributed by atoms with Crippen LogP contribution in [0.4, 0.5) is 5.69 Å². The van der Waals surface area contributed by atoms with E-state index < -0.39 is 0 Å². The van der Waals surface area contributed by atoms with Crippen LogP contribution < -0.4 is 5.32 Å². The fraction of sp³-hybridized carbons (Fsp3) is 0.208. The summed E-state index contributed by atoms with van der Waals surface area (Å²) in [5.74, 6) is 0.259. The van der Waals surface area contributed by atoms with Crippen molar-refractivity contribution in [3.8, 4) is 11.1 Å². The van der Waals surface area contributed by atoms with Crippen LogP contribution in [0.3, 0.4) is 0 Å². The van der Waals surface area contributed by atoms with Crippen LogP contribution >= 0.6 is 0 Å². The Labute approximate surface area is 169 Å². The van der Waals surface area contributed by atoms with E-state index in [1.165, 1.54) is 0 Å². The van der Waals surface area contributed by atoms with Gasteiger partial charge in [-0.05, 0) is 67.3 Å². The number of aryl methyl sites for hydroxylation is 1. The molecule has 29 heavy (non-hydrogen) atoms. The van der Waals surface area contributed by atoms with Crippen LogP contribution in [-0.4, -0.2) is 20.3 Å². The second kappa shape index (κ2) is 7.17. The molecule has 0 unspecified atom stereocenters. The van der Waals surface area contributed by atoms with E-state index in [0.29, 0.717) is 0 Å². The summed E-state index contributed by atoms with van der Waals surface area (Å²) in [5, 5.41) is 3.12. The van der Waals surface area contributed by atoms with Crippen molar-refractivity contribution in [2.24, 2.45) is 5.92 Å². The predicted octanol–water partition coefficient (Wildman–Crippen LogP) is 4.84. The second-order valence-electron chi connectivity index (χ2n) is 7.68. The predicted molar refractivity (Wildman–Crippen MR) is 114 cm³/mol. The Morgan fingerprint density at radius 2 is 2.03 bits per heavy atom. The van der Waals surface area contributed by atoms with E-state index in [4.69, 9.17) is 0 Å². The van der Waals surface area contributed by atoms with Crippen LogP contribution in [0.2, 0.25) is 0 Å². The molecule has 0 bridgehead atoms. The maximum absolute atomic E-state index is 12.9. The molecule has 144 valence electrons. The smallest absolute Gasteiger partial charge is 0.228 e. The zero-order valence-electron chi connectivity index (χ0n) is 16.2. The number of rotatable bonds is 4. The van der Waals surface area contributed by atoms with Gasteiger partial charge in [-0.15, -0.1) is 0 Å². The molecule has 3 aromatic heterocycles. The molecule has 3 heterocycles. The van der Waals surface area contributed by atoms with Crippen molar-refractivity contribution in [1.82, 2.24) is 14.4 Å². The third kappa shape index (κ3) is 3.29. The average Bonchev–Trinajstić information content (AvgIpc) is 3.17. The minimum atomic E-state index is -0.0208. The summed E-state index contributed by atoms with van der Waals surface area (Å²) in [6.45, 7) is 2.07. The van der Waals surface area contributed by atoms with Crippen molar-refractivity contribution >= 4 is 17.2 Å². The van der Waals surface area contributed by atoms with Crippen molar-refractivity contribution in [3.63, 3.8) is 0 Å². The lowest BCUT2D eigenvalue weighted by molar-refractivity contribution is -0.123. The molecule has 1 fully saturated rings. The van der Waals surface area contributed by atoms with Crippen LogP contribution in [0.15, 0.2) is 73.3 Å². The minimum absolute atomic E-state index is 0.0208. The van der Waals surface area contributed by atoms with Gasteiger partial charge >= 0.3 is 0 Å². The third-order valence-electron chi connectivity index (χ3n) is 5.87. The second-order valence-corrected chi connectivity index (χ2v) is 7.68. The fourth-order valence-electron chi connectivity index (χ4n) is 4.07. The summed E-state index contributed by atoms with van der Waals surface area (Å²) >= 11 is 0. The number of nitrogens with zero attached hydrogens (tertiary/aromatic N) is 3. The lowest BCUT2D eigenvalue weighted by atomic mass is 9.71. The summed E-state index contributed by atoms with van der Waals surface area (Å²) in [4.78, 5) is 21.8. The molecule has 2 atom stereocenters. The van der Waals surface area contributed by atoms with E-state index in [0.717, 1.165) is 46.6 Å². The highest BCUT2D eigenvalue weighted by molar-refractivity contribution is 5.94. The molecular weight excluding hydrogens is 360 g/mol. The average molecular weight is 382 g/mol. The number of fused-ring (bicyclic) bond motifs is 1. The van der Waals surface area contributed by atoms with Crippen molar-refractivity contribution in [3.05, 3.63) is 84.6 Å². The van der Waals surface area contributed by atoms with Gasteiger partial charge in [0.2, 0.25) is 5.91 Å². The molecule has 5 heteroatoms. The SMILES string of the molecule is Cc1ccc(NC(=O)[C@@H]2CC[C@@H]2c2ccccn2)cc1-c1cnc2cccn2c1. The monoisotopic (exact) mass is 382 g/mol. The van der Waals surface area contributed by atoms with Crippen LogP contribution in [0, 0.1) is 12.8 Å². The van der Waals surface area contributed by atoms with Gasteiger partial charge < -0.3 is 9.72 Å². The first-order valence-electron chi connectivity index (χ1n) is 9.94. The Hall–Kier alpha value is -3.47. The molecule has 0 radical (unpaired) electrons. The number of amides is 1. The lowest BCUT2D eigenvalue weighted by Crippen LogP contribution is -2.35. The van der Waals surface area contributed by atoms with Crippen LogP contribution in [0.1, 0.15) is 30.0 Å². The first-order chi connectivity index (χ1) is 14.2. The molecule has 0 aliphatic heterocycles. The van der Waals surface area contributed by atoms with Crippen molar-refractivity contribution in [2.45, 2.75) is 25.7 Å². The lowest BCUT2D eigenvalue weighted by Gasteiger charge is -2.35. The van der Waals surface area contributed by atoms with Gasteiger partial charge in [0.05, 0.1) is 0 Å². The Morgan fingerprint density at radius 3 is 2.83 bits per heavy atom. The molecule has 4 aromatic rings. The molecule has 5 rings (SSSR count). The molecule has 1 saturated carbocycles. The quantitative estimate of drug-likeness (QED) is 0.550. The molecule has 0 spiro atoms. The molecule has 1 N–H and O–H groups in total. The van der Waals surface area contributed by atoms with Crippen molar-refractivity contribution in [2.75, 3.05) is 5.32 Å². The number of pyridine rings is 1. The Balaban J connectivity index is 1.38. The van der Waals surface area contributed by atoms with Crippen molar-refractivity contribution < 1.29 is 4.79 Å². The van der Waals surface area contributed by atoms with Gasteiger partial charge in [-0.2, -0.15) is 0 Å². The van der Waals surface area contributed by atoms with E-state index in [-0.39, 0.29) is 17.7 Å². The molecule has 1 aromatic carbocycles. The van der Waals surface area contributed by atoms with Gasteiger partial charge in [0.1, 0.15) is 5.65 Å². The first kappa shape index (κ1) is 17.6. The highest BCUT2D eigenvalue weighted by Gasteiger charge is 2.38. The normalized spacial score (nSPS) is 18.4. The number of aromatic nitrogens is 3. The highest BCUT2D eigenvalue weighted by Crippen LogP contribution is 2.42. The molecule has 1 amide bonds. The summed E-state index contributed by atoms with van der Waals surface area (Å²) in [6, 6.07) is 15.9. The first-order valence-corrected chi connectivity index (χ1v) is 9.94. The van der Waals surface area contributed by atoms with E-state index in [1.807, 2.05) is 65.3 Å². The van der Waals surface area contributed by atoms with E-state index >= 15 is 0 Å². The van der Waals surface area contributed by atoms with Crippen LogP contribution in [0.25, 0.3) is 16.8 Å². The summed E-state index contributed by atoms with van der Waals surface area (Å²) in [5.41, 5.74) is 5.98. The molecule has 1 aliphatic rings. The molecule has 5 nitrogen and oxygen atoms in total. The summed E-state index contributed by atoms with van der Waals surface area (Å²) < 4.78 is 2.01. The zero-order valence-corrected chi connectivity index (χ0v) is 16.2. The van der Waals surface area contributed by atoms with Crippen LogP contribution in [0.5, 0.6) is 0 Å². The Morgan fingerprint density at radius 1 is 1.10 bits per heavy atom. The fourth-order valence-corrected chi connectivity index (χ4v) is 4.07. The zero-order chi connectivity index (χ0) is 19.8. The number of benzene rings is 1. The number of nitrogens with one attached hydrogen (secondary N) is 1. The molecular formula is C24H22N4O. The molecule has 0 saturated heterocycles. The summed E-state index contributed by atoms with van der Waals surface area (Å²) in [7, 11) is 0. The number of carbonyl (C=O) groups is 1. The van der Waals surface area contributed by atoms with Crippen LogP contribution in [-0.2, 0) is 4.79 Å². The topological polar surface area (TPSA) is 59.3 Å². The Bertz CT molecular complexity index is 1180. The van der Waals surface area contributed by atoms with E-state index in [1.54, 1.807) is 6.20 Å². The van der Waals surface area contributed by atoms with Gasteiger partial charge in [-0.1, -0.05) is 12.1 Å². The minimum Gasteiger partial charge on any atom is -0.326 e. The van der Waals surface area contributed by atoms with Gasteiger partial charge in [-0.3, -0.25) is 9.78 Å². The highest BCUT2D eigenvalue weighted by atomic mass is 16.1. The number of hydrogen-bond acceptors (Lipinski definition) is 3. The molecule has 1 aliphatic carbocycles. The third-order valence-corrected chi connectivity index (χ3v) is 5.87. The number of carbonyl (C=O) groups excluding carboxylic acids is 1. The maximum Gasteiger partial charge on any atom is 0.228 e. The maximum atomic E-state index is 12.9. The standard InChI is InChI=1S/C24H22N4O/c1-16-7-8-18(13-21(16)17-14-26-23-6-4-12-28(23)15-17)27-24(29)20-10-9-19(20)22-5-2-3-11-25-22/h2-8,11-15,19-20H,9-10H2,1H3,(H,27,29)/t19-,20+/m0/s1. The van der Waals surface area contributed by atoms with Gasteiger partial charge in [0.25, 0.3) is 0 Å². The van der Waals surface area contributed by atoms with E-state index in [2.05, 4.69) is 28.4 Å². The van der Waals surface area contributed by atoms with Gasteiger partial charge in [0, 0.05) is 53.6 Å².